The number of piperidine rings is 1. The van der Waals surface area contributed by atoms with E-state index in [4.69, 9.17) is 9.97 Å². The molecule has 36 heavy (non-hydrogen) atoms. The number of allylic oxidation sites excluding steroid dienone is 1. The maximum atomic E-state index is 4.96. The summed E-state index contributed by atoms with van der Waals surface area (Å²) < 4.78 is 0. The maximum Gasteiger partial charge on any atom is 0.161 e. The Morgan fingerprint density at radius 2 is 1.86 bits per heavy atom. The molecule has 0 spiro atoms. The summed E-state index contributed by atoms with van der Waals surface area (Å²) in [5.41, 5.74) is 8.79. The highest BCUT2D eigenvalue weighted by Gasteiger charge is 2.20. The SMILES string of the molecule is C=C(CCC)Nc1cncc(-c2ccc3[nH]nc(-c4nc5c(N6CCCCC6)cncc5[nH]4)c3n2)c1. The summed E-state index contributed by atoms with van der Waals surface area (Å²) in [7, 11) is 0. The molecule has 9 heteroatoms. The van der Waals surface area contributed by atoms with Gasteiger partial charge in [0.2, 0.25) is 0 Å². The maximum absolute atomic E-state index is 4.96. The van der Waals surface area contributed by atoms with Crippen LogP contribution in [0.15, 0.2) is 55.3 Å². The Morgan fingerprint density at radius 1 is 1.00 bits per heavy atom. The number of pyridine rings is 3. The van der Waals surface area contributed by atoms with Crippen LogP contribution in [0.2, 0.25) is 0 Å². The molecule has 5 aromatic rings. The monoisotopic (exact) mass is 479 g/mol. The van der Waals surface area contributed by atoms with Gasteiger partial charge in [0.05, 0.1) is 46.7 Å². The Labute approximate surface area is 209 Å². The number of H-pyrrole nitrogens is 2. The van der Waals surface area contributed by atoms with Gasteiger partial charge in [-0.1, -0.05) is 19.9 Å². The van der Waals surface area contributed by atoms with Crippen molar-refractivity contribution in [3.63, 3.8) is 0 Å². The molecule has 0 atom stereocenters. The Hall–Kier alpha value is -4.27. The zero-order valence-corrected chi connectivity index (χ0v) is 20.4. The molecular formula is C27H29N9. The quantitative estimate of drug-likeness (QED) is 0.276. The minimum Gasteiger partial charge on any atom is -0.368 e. The molecule has 0 aromatic carbocycles. The molecule has 0 amide bonds. The molecule has 182 valence electrons. The van der Waals surface area contributed by atoms with Gasteiger partial charge in [-0.25, -0.2) is 9.97 Å². The van der Waals surface area contributed by atoms with E-state index in [2.05, 4.69) is 48.9 Å². The van der Waals surface area contributed by atoms with E-state index >= 15 is 0 Å². The molecular weight excluding hydrogens is 450 g/mol. The lowest BCUT2D eigenvalue weighted by molar-refractivity contribution is 0.578. The second kappa shape index (κ2) is 9.41. The summed E-state index contributed by atoms with van der Waals surface area (Å²) in [6.45, 7) is 8.29. The highest BCUT2D eigenvalue weighted by atomic mass is 15.2. The standard InChI is InChI=1S/C27H29N9/c1-3-7-17(2)30-19-12-18(13-28-14-19)20-8-9-21-25(31-20)26(35-34-21)27-32-22-15-29-16-23(24(22)33-27)36-10-5-4-6-11-36/h8-9,12-16,30H,2-7,10-11H2,1H3,(H,32,33)(H,34,35). The van der Waals surface area contributed by atoms with Gasteiger partial charge in [0, 0.05) is 30.5 Å². The molecule has 0 aliphatic carbocycles. The summed E-state index contributed by atoms with van der Waals surface area (Å²) in [5.74, 6) is 0.677. The topological polar surface area (TPSA) is 111 Å². The van der Waals surface area contributed by atoms with Gasteiger partial charge >= 0.3 is 0 Å². The Morgan fingerprint density at radius 3 is 2.72 bits per heavy atom. The van der Waals surface area contributed by atoms with Crippen molar-refractivity contribution in [3.8, 4) is 22.8 Å². The van der Waals surface area contributed by atoms with E-state index in [1.54, 1.807) is 6.20 Å². The van der Waals surface area contributed by atoms with E-state index in [1.807, 2.05) is 36.8 Å². The number of hydrogen-bond donors (Lipinski definition) is 3. The fraction of sp³-hybridized carbons (Fsp3) is 0.296. The lowest BCUT2D eigenvalue weighted by Crippen LogP contribution is -2.29. The summed E-state index contributed by atoms with van der Waals surface area (Å²) in [6.07, 6.45) is 13.0. The summed E-state index contributed by atoms with van der Waals surface area (Å²) in [5, 5.41) is 11.0. The van der Waals surface area contributed by atoms with Crippen LogP contribution >= 0.6 is 0 Å². The largest absolute Gasteiger partial charge is 0.368 e. The zero-order valence-electron chi connectivity index (χ0n) is 20.4. The van der Waals surface area contributed by atoms with Crippen LogP contribution in [0.1, 0.15) is 39.0 Å². The predicted octanol–water partition coefficient (Wildman–Crippen LogP) is 5.67. The first-order valence-corrected chi connectivity index (χ1v) is 12.5. The molecule has 0 bridgehead atoms. The summed E-state index contributed by atoms with van der Waals surface area (Å²) >= 11 is 0. The second-order valence-corrected chi connectivity index (χ2v) is 9.29. The van der Waals surface area contributed by atoms with Gasteiger partial charge in [0.15, 0.2) is 11.5 Å². The second-order valence-electron chi connectivity index (χ2n) is 9.29. The van der Waals surface area contributed by atoms with Gasteiger partial charge in [-0.2, -0.15) is 5.10 Å². The number of aromatic amines is 2. The number of aromatic nitrogens is 7. The first-order valence-electron chi connectivity index (χ1n) is 12.5. The predicted molar refractivity (Wildman–Crippen MR) is 144 cm³/mol. The van der Waals surface area contributed by atoms with Crippen molar-refractivity contribution < 1.29 is 0 Å². The van der Waals surface area contributed by atoms with Crippen molar-refractivity contribution in [3.05, 3.63) is 55.3 Å². The van der Waals surface area contributed by atoms with Gasteiger partial charge in [-0.05, 0) is 43.9 Å². The Kier molecular flexibility index (Phi) is 5.80. The minimum atomic E-state index is 0.677. The van der Waals surface area contributed by atoms with Crippen LogP contribution in [0, 0.1) is 0 Å². The average Bonchev–Trinajstić information content (AvgIpc) is 3.53. The summed E-state index contributed by atoms with van der Waals surface area (Å²) in [6, 6.07) is 6.01. The fourth-order valence-corrected chi connectivity index (χ4v) is 4.84. The first-order chi connectivity index (χ1) is 17.7. The molecule has 9 nitrogen and oxygen atoms in total. The Bertz CT molecular complexity index is 1540. The number of nitrogens with zero attached hydrogens (tertiary/aromatic N) is 6. The lowest BCUT2D eigenvalue weighted by atomic mass is 10.1. The normalized spacial score (nSPS) is 14.0. The minimum absolute atomic E-state index is 0.677. The molecule has 1 saturated heterocycles. The zero-order chi connectivity index (χ0) is 24.5. The fourth-order valence-electron chi connectivity index (χ4n) is 4.84. The van der Waals surface area contributed by atoms with Crippen molar-refractivity contribution in [2.45, 2.75) is 39.0 Å². The molecule has 5 aromatic heterocycles. The van der Waals surface area contributed by atoms with Crippen LogP contribution in [-0.2, 0) is 0 Å². The van der Waals surface area contributed by atoms with Crippen LogP contribution in [0.4, 0.5) is 11.4 Å². The van der Waals surface area contributed by atoms with Gasteiger partial charge in [-0.3, -0.25) is 15.1 Å². The molecule has 0 saturated carbocycles. The number of hydrogen-bond acceptors (Lipinski definition) is 7. The van der Waals surface area contributed by atoms with Crippen molar-refractivity contribution in [2.24, 2.45) is 0 Å². The van der Waals surface area contributed by atoms with Gasteiger partial charge in [0.1, 0.15) is 11.0 Å². The van der Waals surface area contributed by atoms with E-state index < -0.39 is 0 Å². The molecule has 1 fully saturated rings. The number of rotatable bonds is 7. The molecule has 6 heterocycles. The van der Waals surface area contributed by atoms with Crippen molar-refractivity contribution in [1.29, 1.82) is 0 Å². The molecule has 1 aliphatic heterocycles. The van der Waals surface area contributed by atoms with Crippen LogP contribution in [0.3, 0.4) is 0 Å². The number of nitrogens with one attached hydrogen (secondary N) is 3. The average molecular weight is 480 g/mol. The van der Waals surface area contributed by atoms with E-state index in [1.165, 1.54) is 19.3 Å². The van der Waals surface area contributed by atoms with E-state index in [0.717, 1.165) is 76.3 Å². The highest BCUT2D eigenvalue weighted by molar-refractivity contribution is 5.94. The molecule has 1 aliphatic rings. The number of imidazole rings is 1. The van der Waals surface area contributed by atoms with Crippen LogP contribution < -0.4 is 10.2 Å². The highest BCUT2D eigenvalue weighted by Crippen LogP contribution is 2.31. The van der Waals surface area contributed by atoms with Gasteiger partial charge in [-0.15, -0.1) is 0 Å². The lowest BCUT2D eigenvalue weighted by Gasteiger charge is -2.28. The molecule has 0 radical (unpaired) electrons. The summed E-state index contributed by atoms with van der Waals surface area (Å²) in [4.78, 5) is 24.6. The van der Waals surface area contributed by atoms with E-state index in [0.29, 0.717) is 11.5 Å². The Balaban J connectivity index is 1.37. The van der Waals surface area contributed by atoms with E-state index in [9.17, 15) is 0 Å². The van der Waals surface area contributed by atoms with Crippen LogP contribution in [0.5, 0.6) is 0 Å². The third-order valence-electron chi connectivity index (χ3n) is 6.61. The van der Waals surface area contributed by atoms with Crippen LogP contribution in [-0.4, -0.2) is 48.2 Å². The number of fused-ring (bicyclic) bond motifs is 2. The van der Waals surface area contributed by atoms with Crippen molar-refractivity contribution in [1.82, 2.24) is 35.1 Å². The van der Waals surface area contributed by atoms with E-state index in [-0.39, 0.29) is 0 Å². The van der Waals surface area contributed by atoms with Crippen molar-refractivity contribution in [2.75, 3.05) is 23.3 Å². The van der Waals surface area contributed by atoms with Crippen molar-refractivity contribution >= 4 is 33.4 Å². The van der Waals surface area contributed by atoms with Crippen LogP contribution in [0.25, 0.3) is 44.8 Å². The first kappa shape index (κ1) is 22.2. The molecule has 3 N–H and O–H groups in total. The van der Waals surface area contributed by atoms with Gasteiger partial charge < -0.3 is 15.2 Å². The third-order valence-corrected chi connectivity index (χ3v) is 6.61. The number of anilines is 2. The van der Waals surface area contributed by atoms with Gasteiger partial charge in [0.25, 0.3) is 0 Å². The molecule has 6 rings (SSSR count). The third kappa shape index (κ3) is 4.17. The molecule has 0 unspecified atom stereocenters. The smallest absolute Gasteiger partial charge is 0.161 e.